The monoisotopic (exact) mass is 519 g/mol. The Morgan fingerprint density at radius 2 is 1.97 bits per heavy atom. The summed E-state index contributed by atoms with van der Waals surface area (Å²) in [6, 6.07) is 7.18. The van der Waals surface area contributed by atoms with Crippen LogP contribution < -0.4 is 20.3 Å². The van der Waals surface area contributed by atoms with Crippen LogP contribution in [0.15, 0.2) is 42.6 Å². The van der Waals surface area contributed by atoms with Crippen LogP contribution in [0.25, 0.3) is 5.70 Å². The zero-order valence-electron chi connectivity index (χ0n) is 19.6. The van der Waals surface area contributed by atoms with Gasteiger partial charge < -0.3 is 30.4 Å². The average molecular weight is 520 g/mol. The molecule has 4 rings (SSSR count). The number of benzene rings is 1. The van der Waals surface area contributed by atoms with Gasteiger partial charge in [0, 0.05) is 60.7 Å². The van der Waals surface area contributed by atoms with E-state index in [1.807, 2.05) is 0 Å². The first-order chi connectivity index (χ1) is 17.3. The van der Waals surface area contributed by atoms with Gasteiger partial charge in [-0.1, -0.05) is 0 Å². The number of hydrogen-bond donors (Lipinski definition) is 3. The minimum atomic E-state index is -3.82. The Kier molecular flexibility index (Phi) is 8.37. The van der Waals surface area contributed by atoms with E-state index < -0.39 is 11.5 Å². The predicted octanol–water partition coefficient (Wildman–Crippen LogP) is 5.21. The summed E-state index contributed by atoms with van der Waals surface area (Å²) in [6.07, 6.45) is 9.18. The number of pyridine rings is 1. The minimum absolute atomic E-state index is 0.135. The number of rotatable bonds is 9. The molecule has 1 aromatic carbocycles. The fraction of sp³-hybridized carbons (Fsp3) is 0.400. The van der Waals surface area contributed by atoms with Crippen molar-refractivity contribution in [2.45, 2.75) is 43.9 Å². The molecule has 3 N–H and O–H groups in total. The summed E-state index contributed by atoms with van der Waals surface area (Å²) in [5.74, 6) is 0.185. The number of anilines is 2. The molecule has 2 aromatic rings. The molecule has 2 aliphatic heterocycles. The number of amides is 1. The Hall–Kier alpha value is -3.24. The summed E-state index contributed by atoms with van der Waals surface area (Å²) in [4.78, 5) is 19.8. The fourth-order valence-electron chi connectivity index (χ4n) is 4.23. The Morgan fingerprint density at radius 3 is 2.61 bits per heavy atom. The van der Waals surface area contributed by atoms with Crippen LogP contribution in [-0.2, 0) is 4.74 Å². The largest absolute Gasteiger partial charge is 0.487 e. The highest BCUT2D eigenvalue weighted by molar-refractivity contribution is 6.20. The quantitative estimate of drug-likeness (QED) is 0.311. The number of carbonyl (C=O) groups excluding carboxylic acids is 1. The number of nitrogens with zero attached hydrogens (tertiary/aromatic N) is 2. The second-order valence-electron chi connectivity index (χ2n) is 8.56. The fourth-order valence-corrected chi connectivity index (χ4v) is 4.32. The first kappa shape index (κ1) is 25.8. The second kappa shape index (κ2) is 11.7. The lowest BCUT2D eigenvalue weighted by Crippen LogP contribution is -2.34. The molecule has 0 aliphatic carbocycles. The summed E-state index contributed by atoms with van der Waals surface area (Å²) in [6.45, 7) is 2.39. The van der Waals surface area contributed by atoms with Crippen LogP contribution in [-0.4, -0.2) is 48.6 Å². The number of aromatic nitrogens is 1. The van der Waals surface area contributed by atoms with Gasteiger partial charge >= 0.3 is 5.57 Å². The molecule has 0 radical (unpaired) electrons. The number of nitrogens with one attached hydrogen (secondary N) is 3. The van der Waals surface area contributed by atoms with Crippen LogP contribution >= 0.6 is 11.6 Å². The maximum atomic E-state index is 13.0. The number of alkyl halides is 3. The van der Waals surface area contributed by atoms with Crippen LogP contribution in [0.2, 0.25) is 0 Å². The lowest BCUT2D eigenvalue weighted by atomic mass is 10.1. The van der Waals surface area contributed by atoms with E-state index in [0.717, 1.165) is 51.0 Å². The SMILES string of the molecule is N=C/C=C(\NC1CCCCO1)c1cc(C(=O)Nc2ccc(OC(F)(F)Cl)cc2)cnc1N1CCCC1. The highest BCUT2D eigenvalue weighted by Gasteiger charge is 2.27. The van der Waals surface area contributed by atoms with Gasteiger partial charge in [0.25, 0.3) is 5.91 Å². The molecule has 2 saturated heterocycles. The number of halogens is 3. The molecule has 3 heterocycles. The average Bonchev–Trinajstić information content (AvgIpc) is 3.39. The van der Waals surface area contributed by atoms with Crippen molar-refractivity contribution in [1.82, 2.24) is 10.3 Å². The normalized spacial score (nSPS) is 18.6. The molecule has 2 fully saturated rings. The molecular weight excluding hydrogens is 492 g/mol. The van der Waals surface area contributed by atoms with Crippen LogP contribution in [0.1, 0.15) is 48.0 Å². The van der Waals surface area contributed by atoms with Gasteiger partial charge in [0.1, 0.15) is 17.8 Å². The smallest absolute Gasteiger partial charge is 0.420 e. The standard InChI is InChI=1S/C25H28ClF2N5O3/c26-25(27,28)36-19-8-6-18(7-9-19)31-24(34)17-15-20(23(30-16-17)33-12-2-3-13-33)21(10-11-29)32-22-5-1-4-14-35-22/h6-11,15-16,22,29,32H,1-5,12-14H2,(H,31,34)/b21-10-,29-11?. The van der Waals surface area contributed by atoms with Gasteiger partial charge in [-0.25, -0.2) is 4.98 Å². The van der Waals surface area contributed by atoms with Gasteiger partial charge in [0.2, 0.25) is 0 Å². The van der Waals surface area contributed by atoms with Gasteiger partial charge in [-0.3, -0.25) is 4.79 Å². The zero-order valence-corrected chi connectivity index (χ0v) is 20.4. The van der Waals surface area contributed by atoms with Gasteiger partial charge in [0.05, 0.1) is 5.56 Å². The van der Waals surface area contributed by atoms with Crippen molar-refractivity contribution >= 4 is 40.9 Å². The van der Waals surface area contributed by atoms with E-state index in [0.29, 0.717) is 29.1 Å². The molecule has 1 aromatic heterocycles. The van der Waals surface area contributed by atoms with Crippen LogP contribution in [0.4, 0.5) is 20.3 Å². The maximum Gasteiger partial charge on any atom is 0.487 e. The molecular formula is C25H28ClF2N5O3. The first-order valence-corrected chi connectivity index (χ1v) is 12.2. The van der Waals surface area contributed by atoms with Crippen LogP contribution in [0.5, 0.6) is 5.75 Å². The number of carbonyl (C=O) groups is 1. The third kappa shape index (κ3) is 6.92. The van der Waals surface area contributed by atoms with Crippen molar-refractivity contribution in [3.63, 3.8) is 0 Å². The first-order valence-electron chi connectivity index (χ1n) is 11.8. The molecule has 36 heavy (non-hydrogen) atoms. The third-order valence-electron chi connectivity index (χ3n) is 5.92. The molecule has 8 nitrogen and oxygen atoms in total. The molecule has 1 unspecified atom stereocenters. The Bertz CT molecular complexity index is 1100. The Labute approximate surface area is 213 Å². The molecule has 11 heteroatoms. The second-order valence-corrected chi connectivity index (χ2v) is 9.00. The molecule has 2 aliphatic rings. The van der Waals surface area contributed by atoms with Crippen LogP contribution in [0, 0.1) is 5.41 Å². The van der Waals surface area contributed by atoms with E-state index in [1.165, 1.54) is 36.7 Å². The summed E-state index contributed by atoms with van der Waals surface area (Å²) in [7, 11) is 0. The molecule has 192 valence electrons. The topological polar surface area (TPSA) is 99.6 Å². The number of ether oxygens (including phenoxy) is 2. The third-order valence-corrected chi connectivity index (χ3v) is 5.99. The van der Waals surface area contributed by atoms with Gasteiger partial charge in [-0.15, -0.1) is 8.78 Å². The predicted molar refractivity (Wildman–Crippen MR) is 135 cm³/mol. The summed E-state index contributed by atoms with van der Waals surface area (Å²) >= 11 is 4.79. The van der Waals surface area contributed by atoms with E-state index in [1.54, 1.807) is 12.1 Å². The summed E-state index contributed by atoms with van der Waals surface area (Å²) in [5.41, 5.74) is -1.76. The van der Waals surface area contributed by atoms with Gasteiger partial charge in [-0.2, -0.15) is 0 Å². The molecule has 1 amide bonds. The lowest BCUT2D eigenvalue weighted by molar-refractivity contribution is -0.0964. The van der Waals surface area contributed by atoms with Crippen molar-refractivity contribution in [3.05, 3.63) is 53.7 Å². The van der Waals surface area contributed by atoms with Crippen LogP contribution in [0.3, 0.4) is 0 Å². The number of hydrogen-bond acceptors (Lipinski definition) is 7. The molecule has 0 bridgehead atoms. The molecule has 0 spiro atoms. The zero-order chi connectivity index (χ0) is 25.5. The van der Waals surface area contributed by atoms with E-state index in [9.17, 15) is 13.6 Å². The minimum Gasteiger partial charge on any atom is -0.420 e. The van der Waals surface area contributed by atoms with Crippen molar-refractivity contribution in [1.29, 1.82) is 5.41 Å². The van der Waals surface area contributed by atoms with E-state index in [2.05, 4.69) is 25.3 Å². The van der Waals surface area contributed by atoms with Crippen molar-refractivity contribution in [2.24, 2.45) is 0 Å². The highest BCUT2D eigenvalue weighted by Crippen LogP contribution is 2.30. The van der Waals surface area contributed by atoms with E-state index in [-0.39, 0.29) is 12.0 Å². The van der Waals surface area contributed by atoms with E-state index in [4.69, 9.17) is 21.7 Å². The maximum absolute atomic E-state index is 13.0. The lowest BCUT2D eigenvalue weighted by Gasteiger charge is -2.28. The Balaban J connectivity index is 1.58. The van der Waals surface area contributed by atoms with Crippen molar-refractivity contribution in [2.75, 3.05) is 29.9 Å². The van der Waals surface area contributed by atoms with Gasteiger partial charge in [-0.05, 0) is 68.5 Å². The van der Waals surface area contributed by atoms with E-state index >= 15 is 0 Å². The Morgan fingerprint density at radius 1 is 1.22 bits per heavy atom. The number of allylic oxidation sites excluding steroid dienone is 1. The summed E-state index contributed by atoms with van der Waals surface area (Å²) < 4.78 is 35.8. The highest BCUT2D eigenvalue weighted by atomic mass is 35.5. The summed E-state index contributed by atoms with van der Waals surface area (Å²) in [5, 5.41) is 13.8. The van der Waals surface area contributed by atoms with Crippen molar-refractivity contribution < 1.29 is 23.0 Å². The van der Waals surface area contributed by atoms with Gasteiger partial charge in [0.15, 0.2) is 0 Å². The molecule has 0 saturated carbocycles. The van der Waals surface area contributed by atoms with Crippen molar-refractivity contribution in [3.8, 4) is 5.75 Å². The molecule has 1 atom stereocenters.